The van der Waals surface area contributed by atoms with E-state index < -0.39 is 0 Å². The molecule has 13 rings (SSSR count). The maximum absolute atomic E-state index is 5.32. The van der Waals surface area contributed by atoms with Crippen LogP contribution in [0, 0.1) is 0 Å². The Morgan fingerprint density at radius 2 is 0.765 bits per heavy atom. The van der Waals surface area contributed by atoms with Crippen LogP contribution in [0.25, 0.3) is 126 Å². The largest absolute Gasteiger partial charge is 0.309 e. The molecule has 0 fully saturated rings. The third-order valence-electron chi connectivity index (χ3n) is 13.0. The van der Waals surface area contributed by atoms with E-state index in [-0.39, 0.29) is 0 Å². The Morgan fingerprint density at radius 3 is 1.38 bits per heavy atom. The highest BCUT2D eigenvalue weighted by Crippen LogP contribution is 2.44. The minimum Gasteiger partial charge on any atom is -0.309 e. The molecule has 0 saturated carbocycles. The number of hydrogen-bond acceptors (Lipinski definition) is 4. The lowest BCUT2D eigenvalue weighted by Crippen LogP contribution is -2.01. The monoisotopic (exact) mass is 884 g/mol. The summed E-state index contributed by atoms with van der Waals surface area (Å²) in [6.45, 7) is 0. The van der Waals surface area contributed by atoms with Crippen molar-refractivity contribution in [3.05, 3.63) is 243 Å². The van der Waals surface area contributed by atoms with E-state index in [0.717, 1.165) is 55.8 Å². The van der Waals surface area contributed by atoms with Crippen molar-refractivity contribution in [3.8, 4) is 84.4 Å². The van der Waals surface area contributed by atoms with Gasteiger partial charge in [0.2, 0.25) is 0 Å². The van der Waals surface area contributed by atoms with Gasteiger partial charge in [-0.15, -0.1) is 11.3 Å². The predicted octanol–water partition coefficient (Wildman–Crippen LogP) is 17.0. The van der Waals surface area contributed by atoms with Crippen molar-refractivity contribution in [2.24, 2.45) is 0 Å². The second kappa shape index (κ2) is 16.6. The van der Waals surface area contributed by atoms with Crippen LogP contribution in [0.15, 0.2) is 243 Å². The van der Waals surface area contributed by atoms with E-state index >= 15 is 0 Å². The number of rotatable bonds is 8. The normalized spacial score (nSPS) is 11.5. The van der Waals surface area contributed by atoms with Gasteiger partial charge in [0, 0.05) is 53.3 Å². The van der Waals surface area contributed by atoms with Crippen LogP contribution in [0.1, 0.15) is 0 Å². The molecule has 0 saturated heterocycles. The highest BCUT2D eigenvalue weighted by Gasteiger charge is 2.20. The fourth-order valence-electron chi connectivity index (χ4n) is 9.74. The third-order valence-corrected chi connectivity index (χ3v) is 14.2. The highest BCUT2D eigenvalue weighted by molar-refractivity contribution is 7.25. The zero-order valence-electron chi connectivity index (χ0n) is 36.8. The van der Waals surface area contributed by atoms with Crippen molar-refractivity contribution in [2.75, 3.05) is 0 Å². The number of benzene rings is 10. The van der Waals surface area contributed by atoms with Gasteiger partial charge in [0.15, 0.2) is 17.5 Å². The fourth-order valence-corrected chi connectivity index (χ4v) is 10.8. The average Bonchev–Trinajstić information content (AvgIpc) is 3.95. The van der Waals surface area contributed by atoms with Crippen LogP contribution >= 0.6 is 11.3 Å². The summed E-state index contributed by atoms with van der Waals surface area (Å²) in [7, 11) is 0. The first-order chi connectivity index (χ1) is 33.7. The minimum atomic E-state index is 0.614. The molecule has 0 atom stereocenters. The van der Waals surface area contributed by atoms with Crippen LogP contribution in [-0.2, 0) is 0 Å². The van der Waals surface area contributed by atoms with Gasteiger partial charge in [-0.1, -0.05) is 176 Å². The Labute approximate surface area is 397 Å². The Bertz CT molecular complexity index is 3880. The van der Waals surface area contributed by atoms with Gasteiger partial charge in [-0.2, -0.15) is 0 Å². The van der Waals surface area contributed by atoms with Crippen LogP contribution in [0.4, 0.5) is 0 Å². The third kappa shape index (κ3) is 7.05. The number of aromatic nitrogens is 4. The van der Waals surface area contributed by atoms with Crippen LogP contribution in [-0.4, -0.2) is 19.5 Å². The summed E-state index contributed by atoms with van der Waals surface area (Å²) in [4.78, 5) is 15.7. The molecule has 318 valence electrons. The van der Waals surface area contributed by atoms with Gasteiger partial charge in [-0.05, 0) is 111 Å². The SMILES string of the molecule is c1ccc(-c2cc(-c3ccccc3)cc(-c3ccc(-c4ccc5sc6cc7c(cc6c5c4)c4ccccc4n7-c4ccccc4)c(-c4nc(-c5ccccc5)nc(-c5ccccc5)n4)c3)c2)cc1. The number of thiophene rings is 1. The van der Waals surface area contributed by atoms with Gasteiger partial charge in [-0.3, -0.25) is 0 Å². The zero-order chi connectivity index (χ0) is 45.0. The Balaban J connectivity index is 1.04. The van der Waals surface area contributed by atoms with Gasteiger partial charge in [0.1, 0.15) is 0 Å². The first-order valence-corrected chi connectivity index (χ1v) is 23.7. The van der Waals surface area contributed by atoms with Crippen LogP contribution < -0.4 is 0 Å². The second-order valence-electron chi connectivity index (χ2n) is 17.2. The average molecular weight is 885 g/mol. The van der Waals surface area contributed by atoms with E-state index in [1.54, 1.807) is 0 Å². The first kappa shape index (κ1) is 39.6. The van der Waals surface area contributed by atoms with E-state index in [0.29, 0.717) is 17.5 Å². The van der Waals surface area contributed by atoms with Crippen molar-refractivity contribution in [1.82, 2.24) is 19.5 Å². The molecule has 4 nitrogen and oxygen atoms in total. The lowest BCUT2D eigenvalue weighted by atomic mass is 9.90. The molecule has 0 aliphatic carbocycles. The summed E-state index contributed by atoms with van der Waals surface area (Å²) in [6.07, 6.45) is 0. The zero-order valence-corrected chi connectivity index (χ0v) is 37.6. The van der Waals surface area contributed by atoms with Crippen LogP contribution in [0.3, 0.4) is 0 Å². The molecule has 0 N–H and O–H groups in total. The van der Waals surface area contributed by atoms with Crippen molar-refractivity contribution < 1.29 is 0 Å². The van der Waals surface area contributed by atoms with Gasteiger partial charge in [0.25, 0.3) is 0 Å². The molecule has 3 aromatic heterocycles. The second-order valence-corrected chi connectivity index (χ2v) is 18.3. The molecule has 13 aromatic rings. The van der Waals surface area contributed by atoms with E-state index in [1.165, 1.54) is 53.1 Å². The minimum absolute atomic E-state index is 0.614. The first-order valence-electron chi connectivity index (χ1n) is 22.9. The molecule has 0 unspecified atom stereocenters. The number of hydrogen-bond donors (Lipinski definition) is 0. The summed E-state index contributed by atoms with van der Waals surface area (Å²) in [6, 6.07) is 86.6. The fraction of sp³-hybridized carbons (Fsp3) is 0. The molecule has 10 aromatic carbocycles. The lowest BCUT2D eigenvalue weighted by molar-refractivity contribution is 1.07. The molecule has 68 heavy (non-hydrogen) atoms. The summed E-state index contributed by atoms with van der Waals surface area (Å²) < 4.78 is 4.90. The van der Waals surface area contributed by atoms with Crippen LogP contribution in [0.2, 0.25) is 0 Å². The molecule has 5 heteroatoms. The smallest absolute Gasteiger partial charge is 0.164 e. The van der Waals surface area contributed by atoms with Gasteiger partial charge >= 0.3 is 0 Å². The van der Waals surface area contributed by atoms with E-state index in [4.69, 9.17) is 15.0 Å². The van der Waals surface area contributed by atoms with E-state index in [9.17, 15) is 0 Å². The molecule has 0 bridgehead atoms. The lowest BCUT2D eigenvalue weighted by Gasteiger charge is -2.16. The topological polar surface area (TPSA) is 43.6 Å². The summed E-state index contributed by atoms with van der Waals surface area (Å²) >= 11 is 1.85. The van der Waals surface area contributed by atoms with Gasteiger partial charge in [0.05, 0.1) is 11.0 Å². The Kier molecular flexibility index (Phi) is 9.66. The summed E-state index contributed by atoms with van der Waals surface area (Å²) in [5.41, 5.74) is 15.3. The molecular weight excluding hydrogens is 845 g/mol. The van der Waals surface area contributed by atoms with Gasteiger partial charge in [-0.25, -0.2) is 15.0 Å². The molecule has 3 heterocycles. The van der Waals surface area contributed by atoms with E-state index in [1.807, 2.05) is 47.7 Å². The molecule has 0 radical (unpaired) electrons. The molecular formula is C63H40N4S. The van der Waals surface area contributed by atoms with Crippen molar-refractivity contribution in [1.29, 1.82) is 0 Å². The van der Waals surface area contributed by atoms with Crippen LogP contribution in [0.5, 0.6) is 0 Å². The molecule has 0 aliphatic heterocycles. The quantitative estimate of drug-likeness (QED) is 0.153. The van der Waals surface area contributed by atoms with E-state index in [2.05, 4.69) is 211 Å². The Morgan fingerprint density at radius 1 is 0.265 bits per heavy atom. The Hall–Kier alpha value is -8.77. The predicted molar refractivity (Wildman–Crippen MR) is 285 cm³/mol. The maximum Gasteiger partial charge on any atom is 0.164 e. The van der Waals surface area contributed by atoms with Crippen molar-refractivity contribution in [3.63, 3.8) is 0 Å². The summed E-state index contributed by atoms with van der Waals surface area (Å²) in [5, 5.41) is 4.96. The van der Waals surface area contributed by atoms with Crippen molar-refractivity contribution in [2.45, 2.75) is 0 Å². The number of para-hydroxylation sites is 2. The molecule has 0 amide bonds. The highest BCUT2D eigenvalue weighted by atomic mass is 32.1. The molecule has 0 spiro atoms. The number of nitrogens with zero attached hydrogens (tertiary/aromatic N) is 4. The molecule has 0 aliphatic rings. The number of fused-ring (bicyclic) bond motifs is 6. The standard InChI is InChI=1S/C63H40N4S/c1-6-18-41(19-7-1)47-34-48(42-20-8-2-9-21-42)36-49(35-47)45-30-32-51(56(37-45)63-65-61(43-22-10-3-11-23-43)64-62(66-63)44-24-12-4-13-25-44)46-31-33-59-54(38-46)55-39-53-52-28-16-17-29-57(52)67(50-26-14-5-15-27-50)58(53)40-60(55)68-59/h1-40H. The maximum atomic E-state index is 5.32. The van der Waals surface area contributed by atoms with Crippen molar-refractivity contribution >= 4 is 53.3 Å². The van der Waals surface area contributed by atoms with Gasteiger partial charge < -0.3 is 4.57 Å². The summed E-state index contributed by atoms with van der Waals surface area (Å²) in [5.74, 6) is 1.87.